The zero-order chi connectivity index (χ0) is 22.7. The van der Waals surface area contributed by atoms with Gasteiger partial charge in [-0.1, -0.05) is 18.2 Å². The lowest BCUT2D eigenvalue weighted by Gasteiger charge is -2.16. The highest BCUT2D eigenvalue weighted by atomic mass is 16.5. The monoisotopic (exact) mass is 429 g/mol. The molecule has 9 heteroatoms. The SMILES string of the molecule is CNC(=O)c1cnc2cc(OC)c(-c3cnc(C(=O)O)cn3)cc2c1Nc1ccccc1. The van der Waals surface area contributed by atoms with E-state index in [1.54, 1.807) is 19.2 Å². The Balaban J connectivity index is 1.95. The van der Waals surface area contributed by atoms with Gasteiger partial charge < -0.3 is 20.5 Å². The summed E-state index contributed by atoms with van der Waals surface area (Å²) in [6.45, 7) is 0. The van der Waals surface area contributed by atoms with Crippen LogP contribution in [0.15, 0.2) is 61.1 Å². The number of carbonyl (C=O) groups is 2. The minimum absolute atomic E-state index is 0.163. The quantitative estimate of drug-likeness (QED) is 0.425. The first-order valence-corrected chi connectivity index (χ1v) is 9.62. The van der Waals surface area contributed by atoms with Gasteiger partial charge in [0, 0.05) is 35.9 Å². The minimum atomic E-state index is -1.16. The van der Waals surface area contributed by atoms with E-state index in [1.807, 2.05) is 30.3 Å². The van der Waals surface area contributed by atoms with Crippen LogP contribution in [0.5, 0.6) is 5.75 Å². The Morgan fingerprint density at radius 1 is 1.00 bits per heavy atom. The van der Waals surface area contributed by atoms with Crippen LogP contribution in [-0.2, 0) is 0 Å². The molecule has 2 heterocycles. The van der Waals surface area contributed by atoms with Crippen LogP contribution in [0.25, 0.3) is 22.2 Å². The van der Waals surface area contributed by atoms with Gasteiger partial charge in [-0.15, -0.1) is 0 Å². The molecule has 2 aromatic carbocycles. The van der Waals surface area contributed by atoms with E-state index < -0.39 is 5.97 Å². The highest BCUT2D eigenvalue weighted by Crippen LogP contribution is 2.37. The smallest absolute Gasteiger partial charge is 0.356 e. The Morgan fingerprint density at radius 3 is 2.41 bits per heavy atom. The van der Waals surface area contributed by atoms with Crippen molar-refractivity contribution in [3.63, 3.8) is 0 Å². The fraction of sp³-hybridized carbons (Fsp3) is 0.0870. The summed E-state index contributed by atoms with van der Waals surface area (Å²) >= 11 is 0. The Hall–Kier alpha value is -4.53. The number of nitrogens with one attached hydrogen (secondary N) is 2. The van der Waals surface area contributed by atoms with Crippen molar-refractivity contribution in [2.75, 3.05) is 19.5 Å². The number of carboxylic acids is 1. The summed E-state index contributed by atoms with van der Waals surface area (Å²) in [6.07, 6.45) is 4.06. The van der Waals surface area contributed by atoms with Crippen molar-refractivity contribution in [2.45, 2.75) is 0 Å². The van der Waals surface area contributed by atoms with Gasteiger partial charge in [0.15, 0.2) is 5.69 Å². The van der Waals surface area contributed by atoms with Crippen LogP contribution < -0.4 is 15.4 Å². The molecule has 0 aliphatic carbocycles. The second-order valence-electron chi connectivity index (χ2n) is 6.78. The molecule has 0 spiro atoms. The molecule has 0 unspecified atom stereocenters. The molecule has 0 saturated heterocycles. The standard InChI is InChI=1S/C23H19N5O4/c1-24-22(29)16-10-25-17-9-20(32-2)14(18-11-27-19(12-26-18)23(30)31)8-15(17)21(16)28-13-6-4-3-5-7-13/h3-12H,1-2H3,(H,24,29)(H,25,28)(H,30,31). The molecule has 1 amide bonds. The summed E-state index contributed by atoms with van der Waals surface area (Å²) in [5.74, 6) is -0.968. The molecule has 2 aromatic heterocycles. The number of aromatic carboxylic acids is 1. The van der Waals surface area contributed by atoms with E-state index in [2.05, 4.69) is 25.6 Å². The third kappa shape index (κ3) is 3.91. The number of methoxy groups -OCH3 is 1. The number of amides is 1. The number of aromatic nitrogens is 3. The van der Waals surface area contributed by atoms with E-state index in [9.17, 15) is 9.59 Å². The lowest BCUT2D eigenvalue weighted by molar-refractivity contribution is 0.0689. The molecule has 0 fully saturated rings. The van der Waals surface area contributed by atoms with Gasteiger partial charge in [0.2, 0.25) is 0 Å². The van der Waals surface area contributed by atoms with E-state index in [1.165, 1.54) is 25.7 Å². The van der Waals surface area contributed by atoms with Crippen molar-refractivity contribution < 1.29 is 19.4 Å². The van der Waals surface area contributed by atoms with Gasteiger partial charge in [0.1, 0.15) is 5.75 Å². The first kappa shape index (κ1) is 20.7. The molecule has 4 rings (SSSR count). The Kier molecular flexibility index (Phi) is 5.63. The molecule has 32 heavy (non-hydrogen) atoms. The first-order valence-electron chi connectivity index (χ1n) is 9.62. The van der Waals surface area contributed by atoms with Gasteiger partial charge in [-0.3, -0.25) is 14.8 Å². The van der Waals surface area contributed by atoms with Crippen LogP contribution in [0.3, 0.4) is 0 Å². The number of nitrogens with zero attached hydrogens (tertiary/aromatic N) is 3. The molecular weight excluding hydrogens is 410 g/mol. The van der Waals surface area contributed by atoms with E-state index in [4.69, 9.17) is 9.84 Å². The molecule has 0 bridgehead atoms. The zero-order valence-electron chi connectivity index (χ0n) is 17.3. The van der Waals surface area contributed by atoms with Gasteiger partial charge in [-0.2, -0.15) is 0 Å². The summed E-state index contributed by atoms with van der Waals surface area (Å²) in [6, 6.07) is 13.0. The van der Waals surface area contributed by atoms with E-state index in [0.717, 1.165) is 5.69 Å². The average molecular weight is 429 g/mol. The molecule has 0 aliphatic rings. The minimum Gasteiger partial charge on any atom is -0.496 e. The van der Waals surface area contributed by atoms with Crippen molar-refractivity contribution in [2.24, 2.45) is 0 Å². The number of benzene rings is 2. The first-order chi connectivity index (χ1) is 15.5. The Labute approximate surface area is 183 Å². The summed E-state index contributed by atoms with van der Waals surface area (Å²) < 4.78 is 5.52. The van der Waals surface area contributed by atoms with Gasteiger partial charge in [-0.05, 0) is 18.2 Å². The number of anilines is 2. The highest BCUT2D eigenvalue weighted by Gasteiger charge is 2.19. The van der Waals surface area contributed by atoms with Crippen LogP contribution in [0.1, 0.15) is 20.8 Å². The number of ether oxygens (including phenoxy) is 1. The van der Waals surface area contributed by atoms with E-state index in [-0.39, 0.29) is 11.6 Å². The number of carbonyl (C=O) groups excluding carboxylic acids is 1. The third-order valence-corrected chi connectivity index (χ3v) is 4.85. The van der Waals surface area contributed by atoms with Gasteiger partial charge in [0.05, 0.1) is 42.0 Å². The maximum absolute atomic E-state index is 12.6. The maximum atomic E-state index is 12.6. The number of hydrogen-bond donors (Lipinski definition) is 3. The molecule has 0 radical (unpaired) electrons. The highest BCUT2D eigenvalue weighted by molar-refractivity contribution is 6.09. The van der Waals surface area contributed by atoms with Gasteiger partial charge >= 0.3 is 5.97 Å². The zero-order valence-corrected chi connectivity index (χ0v) is 17.3. The normalized spacial score (nSPS) is 10.6. The number of rotatable bonds is 6. The largest absolute Gasteiger partial charge is 0.496 e. The van der Waals surface area contributed by atoms with Gasteiger partial charge in [-0.25, -0.2) is 9.78 Å². The molecule has 0 atom stereocenters. The number of hydrogen-bond acceptors (Lipinski definition) is 7. The van der Waals surface area contributed by atoms with Crippen LogP contribution in [-0.4, -0.2) is 46.1 Å². The molecule has 4 aromatic rings. The topological polar surface area (TPSA) is 126 Å². The van der Waals surface area contributed by atoms with Crippen LogP contribution in [0.2, 0.25) is 0 Å². The summed E-state index contributed by atoms with van der Waals surface area (Å²) in [5, 5.41) is 15.7. The maximum Gasteiger partial charge on any atom is 0.356 e. The van der Waals surface area contributed by atoms with Crippen LogP contribution in [0.4, 0.5) is 11.4 Å². The lowest BCUT2D eigenvalue weighted by atomic mass is 10.0. The van der Waals surface area contributed by atoms with E-state index >= 15 is 0 Å². The van der Waals surface area contributed by atoms with Crippen LogP contribution in [0, 0.1) is 0 Å². The lowest BCUT2D eigenvalue weighted by Crippen LogP contribution is -2.19. The Morgan fingerprint density at radius 2 is 1.78 bits per heavy atom. The molecule has 160 valence electrons. The Bertz CT molecular complexity index is 1310. The van der Waals surface area contributed by atoms with Crippen molar-refractivity contribution in [3.05, 3.63) is 72.3 Å². The number of fused-ring (bicyclic) bond motifs is 1. The molecular formula is C23H19N5O4. The van der Waals surface area contributed by atoms with Crippen molar-refractivity contribution in [3.8, 4) is 17.0 Å². The van der Waals surface area contributed by atoms with Crippen molar-refractivity contribution in [1.29, 1.82) is 0 Å². The predicted molar refractivity (Wildman–Crippen MR) is 119 cm³/mol. The van der Waals surface area contributed by atoms with E-state index in [0.29, 0.717) is 39.2 Å². The fourth-order valence-corrected chi connectivity index (χ4v) is 3.27. The molecule has 0 saturated carbocycles. The van der Waals surface area contributed by atoms with Crippen LogP contribution >= 0.6 is 0 Å². The number of para-hydroxylation sites is 1. The van der Waals surface area contributed by atoms with Crippen molar-refractivity contribution in [1.82, 2.24) is 20.3 Å². The number of carboxylic acid groups (broad SMARTS) is 1. The average Bonchev–Trinajstić information content (AvgIpc) is 2.83. The predicted octanol–water partition coefficient (Wildman–Crippen LogP) is 3.50. The summed E-state index contributed by atoms with van der Waals surface area (Å²) in [7, 11) is 3.07. The second kappa shape index (κ2) is 8.68. The number of pyridine rings is 1. The molecule has 0 aliphatic heterocycles. The summed E-state index contributed by atoms with van der Waals surface area (Å²) in [5.41, 5.74) is 3.18. The van der Waals surface area contributed by atoms with Gasteiger partial charge in [0.25, 0.3) is 5.91 Å². The fourth-order valence-electron chi connectivity index (χ4n) is 3.27. The second-order valence-corrected chi connectivity index (χ2v) is 6.78. The van der Waals surface area contributed by atoms with Crippen molar-refractivity contribution >= 4 is 34.2 Å². The summed E-state index contributed by atoms with van der Waals surface area (Å²) in [4.78, 5) is 36.3. The molecule has 9 nitrogen and oxygen atoms in total. The molecule has 3 N–H and O–H groups in total. The third-order valence-electron chi connectivity index (χ3n) is 4.85.